The fraction of sp³-hybridized carbons (Fsp3) is 0.500. The summed E-state index contributed by atoms with van der Waals surface area (Å²) in [5.41, 5.74) is 0.0203. The maximum absolute atomic E-state index is 12.8. The van der Waals surface area contributed by atoms with Crippen LogP contribution in [0.2, 0.25) is 0 Å². The first kappa shape index (κ1) is 13.9. The average Bonchev–Trinajstić information content (AvgIpc) is 2.31. The molecule has 1 aromatic rings. The lowest BCUT2D eigenvalue weighted by Gasteiger charge is -2.35. The zero-order valence-electron chi connectivity index (χ0n) is 11.1. The van der Waals surface area contributed by atoms with Crippen molar-refractivity contribution >= 4 is 11.8 Å². The van der Waals surface area contributed by atoms with Crippen molar-refractivity contribution in [3.63, 3.8) is 0 Å². The summed E-state index contributed by atoms with van der Waals surface area (Å²) in [5, 5.41) is 2.16. The Hall–Kier alpha value is -2.05. The Morgan fingerprint density at radius 2 is 2.00 bits per heavy atom. The maximum Gasteiger partial charge on any atom is 0.336 e. The van der Waals surface area contributed by atoms with Gasteiger partial charge in [-0.25, -0.2) is 13.6 Å². The van der Waals surface area contributed by atoms with Crippen LogP contribution in [0.1, 0.15) is 40.9 Å². The molecule has 0 unspecified atom stereocenters. The molecule has 7 heteroatoms. The van der Waals surface area contributed by atoms with E-state index in [1.807, 2.05) is 0 Å². The fourth-order valence-electron chi connectivity index (χ4n) is 2.92. The molecule has 0 bridgehead atoms. The minimum Gasteiger partial charge on any atom is -0.426 e. The molecule has 1 aliphatic heterocycles. The highest BCUT2D eigenvalue weighted by molar-refractivity contribution is 6.09. The molecular weight excluding hydrogens is 284 g/mol. The molecule has 0 radical (unpaired) electrons. The van der Waals surface area contributed by atoms with E-state index in [1.165, 1.54) is 6.07 Å². The Labute approximate surface area is 118 Å². The number of carbonyl (C=O) groups is 2. The van der Waals surface area contributed by atoms with Crippen molar-refractivity contribution in [2.45, 2.75) is 38.0 Å². The van der Waals surface area contributed by atoms with E-state index in [9.17, 15) is 23.2 Å². The number of amides is 2. The van der Waals surface area contributed by atoms with E-state index in [4.69, 9.17) is 4.42 Å². The van der Waals surface area contributed by atoms with Gasteiger partial charge in [0.05, 0.1) is 12.0 Å². The van der Waals surface area contributed by atoms with E-state index < -0.39 is 23.4 Å². The number of nitrogens with one attached hydrogen (secondary N) is 1. The molecule has 1 aromatic heterocycles. The lowest BCUT2D eigenvalue weighted by Crippen LogP contribution is -2.39. The summed E-state index contributed by atoms with van der Waals surface area (Å²) in [7, 11) is 0. The molecule has 1 fully saturated rings. The molecule has 0 aromatic carbocycles. The molecule has 21 heavy (non-hydrogen) atoms. The SMILES string of the molecule is O=C1Cc2oc(=O)cc(CCC3CC(F)(F)C3)c2C(=O)N1. The molecule has 0 saturated heterocycles. The normalized spacial score (nSPS) is 20.7. The number of halogens is 2. The van der Waals surface area contributed by atoms with Crippen LogP contribution in [0, 0.1) is 5.92 Å². The van der Waals surface area contributed by atoms with E-state index in [2.05, 4.69) is 5.32 Å². The van der Waals surface area contributed by atoms with E-state index in [0.717, 1.165) is 0 Å². The average molecular weight is 297 g/mol. The number of fused-ring (bicyclic) bond motifs is 1. The van der Waals surface area contributed by atoms with Crippen molar-refractivity contribution in [1.82, 2.24) is 5.32 Å². The standard InChI is InChI=1S/C14H13F2NO4/c15-14(16)5-7(6-14)1-2-8-3-11(19)21-9-4-10(18)17-13(20)12(8)9/h3,7H,1-2,4-6H2,(H,17,18,20). The Balaban J connectivity index is 1.81. The number of imide groups is 1. The van der Waals surface area contributed by atoms with Crippen LogP contribution in [-0.2, 0) is 17.6 Å². The van der Waals surface area contributed by atoms with Crippen LogP contribution < -0.4 is 10.9 Å². The molecule has 2 amide bonds. The van der Waals surface area contributed by atoms with Gasteiger partial charge in [-0.05, 0) is 24.3 Å². The van der Waals surface area contributed by atoms with Gasteiger partial charge in [-0.15, -0.1) is 0 Å². The van der Waals surface area contributed by atoms with Crippen molar-refractivity contribution < 1.29 is 22.8 Å². The number of hydrogen-bond donors (Lipinski definition) is 1. The van der Waals surface area contributed by atoms with E-state index in [-0.39, 0.29) is 36.5 Å². The van der Waals surface area contributed by atoms with Gasteiger partial charge in [0.2, 0.25) is 11.8 Å². The molecule has 1 N–H and O–H groups in total. The van der Waals surface area contributed by atoms with Crippen molar-refractivity contribution in [3.05, 3.63) is 33.4 Å². The first-order chi connectivity index (χ1) is 9.84. The van der Waals surface area contributed by atoms with Gasteiger partial charge in [0, 0.05) is 18.9 Å². The minimum atomic E-state index is -2.58. The van der Waals surface area contributed by atoms with Gasteiger partial charge >= 0.3 is 5.63 Å². The van der Waals surface area contributed by atoms with Crippen molar-refractivity contribution in [3.8, 4) is 0 Å². The highest BCUT2D eigenvalue weighted by Crippen LogP contribution is 2.44. The molecule has 5 nitrogen and oxygen atoms in total. The third-order valence-corrected chi connectivity index (χ3v) is 3.91. The second-order valence-electron chi connectivity index (χ2n) is 5.61. The van der Waals surface area contributed by atoms with Gasteiger partial charge in [0.25, 0.3) is 5.91 Å². The maximum atomic E-state index is 12.8. The predicted molar refractivity (Wildman–Crippen MR) is 67.1 cm³/mol. The quantitative estimate of drug-likeness (QED) is 0.856. The third-order valence-electron chi connectivity index (χ3n) is 3.91. The third kappa shape index (κ3) is 2.72. The zero-order chi connectivity index (χ0) is 15.2. The summed E-state index contributed by atoms with van der Waals surface area (Å²) in [6.07, 6.45) is 0.358. The molecule has 1 aliphatic carbocycles. The Morgan fingerprint density at radius 3 is 2.67 bits per heavy atom. The molecule has 3 rings (SSSR count). The van der Waals surface area contributed by atoms with E-state index >= 15 is 0 Å². The Bertz CT molecular complexity index is 672. The molecule has 2 aliphatic rings. The number of rotatable bonds is 3. The van der Waals surface area contributed by atoms with Gasteiger partial charge in [0.1, 0.15) is 5.76 Å². The van der Waals surface area contributed by atoms with E-state index in [1.54, 1.807) is 0 Å². The van der Waals surface area contributed by atoms with Crippen LogP contribution in [0.15, 0.2) is 15.3 Å². The van der Waals surface area contributed by atoms with E-state index in [0.29, 0.717) is 18.4 Å². The topological polar surface area (TPSA) is 76.4 Å². The van der Waals surface area contributed by atoms with Gasteiger partial charge in [0.15, 0.2) is 0 Å². The summed E-state index contributed by atoms with van der Waals surface area (Å²) >= 11 is 0. The van der Waals surface area contributed by atoms with Crippen LogP contribution in [0.3, 0.4) is 0 Å². The lowest BCUT2D eigenvalue weighted by atomic mass is 9.77. The van der Waals surface area contributed by atoms with Crippen LogP contribution in [0.5, 0.6) is 0 Å². The highest BCUT2D eigenvalue weighted by Gasteiger charge is 2.44. The summed E-state index contributed by atoms with van der Waals surface area (Å²) in [5.74, 6) is -3.74. The number of hydrogen-bond acceptors (Lipinski definition) is 4. The summed E-state index contributed by atoms with van der Waals surface area (Å²) in [4.78, 5) is 34.6. The lowest BCUT2D eigenvalue weighted by molar-refractivity contribution is -0.120. The first-order valence-electron chi connectivity index (χ1n) is 6.72. The second kappa shape index (κ2) is 4.75. The second-order valence-corrected chi connectivity index (χ2v) is 5.61. The Kier molecular flexibility index (Phi) is 3.15. The molecule has 0 atom stereocenters. The van der Waals surface area contributed by atoms with Crippen molar-refractivity contribution in [2.24, 2.45) is 5.92 Å². The smallest absolute Gasteiger partial charge is 0.336 e. The van der Waals surface area contributed by atoms with Gasteiger partial charge < -0.3 is 4.42 Å². The number of carbonyl (C=O) groups excluding carboxylic acids is 2. The predicted octanol–water partition coefficient (Wildman–Crippen LogP) is 1.43. The summed E-state index contributed by atoms with van der Waals surface area (Å²) in [6, 6.07) is 1.20. The molecular formula is C14H13F2NO4. The Morgan fingerprint density at radius 1 is 1.29 bits per heavy atom. The highest BCUT2D eigenvalue weighted by atomic mass is 19.3. The number of aryl methyl sites for hydroxylation is 1. The molecule has 0 spiro atoms. The minimum absolute atomic E-state index is 0.0604. The largest absolute Gasteiger partial charge is 0.426 e. The van der Waals surface area contributed by atoms with Crippen LogP contribution >= 0.6 is 0 Å². The molecule has 2 heterocycles. The van der Waals surface area contributed by atoms with Gasteiger partial charge in [-0.2, -0.15) is 0 Å². The zero-order valence-corrected chi connectivity index (χ0v) is 11.1. The van der Waals surface area contributed by atoms with Crippen molar-refractivity contribution in [2.75, 3.05) is 0 Å². The summed E-state index contributed by atoms with van der Waals surface area (Å²) in [6.45, 7) is 0. The van der Waals surface area contributed by atoms with Crippen LogP contribution in [-0.4, -0.2) is 17.7 Å². The first-order valence-corrected chi connectivity index (χ1v) is 6.72. The fourth-order valence-corrected chi connectivity index (χ4v) is 2.92. The van der Waals surface area contributed by atoms with Gasteiger partial charge in [-0.3, -0.25) is 14.9 Å². The molecule has 1 saturated carbocycles. The molecule has 112 valence electrons. The monoisotopic (exact) mass is 297 g/mol. The van der Waals surface area contributed by atoms with Gasteiger partial charge in [-0.1, -0.05) is 0 Å². The van der Waals surface area contributed by atoms with Crippen molar-refractivity contribution in [1.29, 1.82) is 0 Å². The van der Waals surface area contributed by atoms with Crippen LogP contribution in [0.4, 0.5) is 8.78 Å². The number of alkyl halides is 2. The summed E-state index contributed by atoms with van der Waals surface area (Å²) < 4.78 is 30.5. The van der Waals surface area contributed by atoms with Crippen LogP contribution in [0.25, 0.3) is 0 Å².